The molecule has 1 unspecified atom stereocenters. The number of alkyl halides is 7. The highest BCUT2D eigenvalue weighted by Crippen LogP contribution is 2.37. The molecule has 1 N–H and O–H groups in total. The van der Waals surface area contributed by atoms with E-state index in [0.717, 1.165) is 12.1 Å². The summed E-state index contributed by atoms with van der Waals surface area (Å²) < 4.78 is 123. The van der Waals surface area contributed by atoms with Crippen LogP contribution in [0.5, 0.6) is 11.6 Å². The van der Waals surface area contributed by atoms with Crippen LogP contribution in [0, 0.1) is 0 Å². The summed E-state index contributed by atoms with van der Waals surface area (Å²) in [5, 5.41) is 4.41. The Morgan fingerprint density at radius 2 is 1.63 bits per heavy atom. The standard InChI is InChI=1S/C24H24F7N3O3S/c1-4-34-20(37-18-10-8-15(9-11-18)21(25)24(29,30)31)13-19(32-34)16-6-5-7-17(12-16)22(2,3)33-38(35,36)14-23(26,27)28/h5-13,21,33H,4,14H2,1-3H3. The summed E-state index contributed by atoms with van der Waals surface area (Å²) in [4.78, 5) is 0. The van der Waals surface area contributed by atoms with E-state index in [2.05, 4.69) is 9.82 Å². The molecule has 1 aromatic heterocycles. The summed E-state index contributed by atoms with van der Waals surface area (Å²) in [5.74, 6) is -1.66. The summed E-state index contributed by atoms with van der Waals surface area (Å²) in [6.07, 6.45) is -13.1. The normalized spacial score (nSPS) is 13.9. The van der Waals surface area contributed by atoms with E-state index < -0.39 is 45.4 Å². The smallest absolute Gasteiger partial charge is 0.423 e. The molecule has 2 aromatic carbocycles. The maximum atomic E-state index is 13.5. The first-order chi connectivity index (χ1) is 17.4. The second-order valence-electron chi connectivity index (χ2n) is 8.94. The van der Waals surface area contributed by atoms with Crippen molar-refractivity contribution in [1.29, 1.82) is 0 Å². The summed E-state index contributed by atoms with van der Waals surface area (Å²) in [5.41, 5.74) is -0.701. The molecule has 0 amide bonds. The molecule has 0 spiro atoms. The molecule has 3 rings (SSSR count). The van der Waals surface area contributed by atoms with Crippen molar-refractivity contribution in [3.63, 3.8) is 0 Å². The third-order valence-corrected chi connectivity index (χ3v) is 6.90. The van der Waals surface area contributed by atoms with E-state index in [0.29, 0.717) is 23.4 Å². The highest BCUT2D eigenvalue weighted by atomic mass is 32.2. The van der Waals surface area contributed by atoms with E-state index in [1.807, 2.05) is 0 Å². The Balaban J connectivity index is 1.85. The molecule has 3 aromatic rings. The minimum Gasteiger partial charge on any atom is -0.439 e. The topological polar surface area (TPSA) is 73.2 Å². The molecule has 1 heterocycles. The van der Waals surface area contributed by atoms with Gasteiger partial charge in [0.25, 0.3) is 0 Å². The Morgan fingerprint density at radius 3 is 2.18 bits per heavy atom. The summed E-state index contributed by atoms with van der Waals surface area (Å²) in [7, 11) is -4.68. The fraction of sp³-hybridized carbons (Fsp3) is 0.375. The molecule has 38 heavy (non-hydrogen) atoms. The third kappa shape index (κ3) is 7.47. The third-order valence-electron chi connectivity index (χ3n) is 5.37. The first-order valence-corrected chi connectivity index (χ1v) is 12.8. The van der Waals surface area contributed by atoms with Crippen LogP contribution >= 0.6 is 0 Å². The van der Waals surface area contributed by atoms with E-state index in [-0.39, 0.29) is 11.6 Å². The van der Waals surface area contributed by atoms with E-state index in [1.54, 1.807) is 31.2 Å². The lowest BCUT2D eigenvalue weighted by molar-refractivity contribution is -0.182. The van der Waals surface area contributed by atoms with E-state index in [9.17, 15) is 39.2 Å². The second-order valence-corrected chi connectivity index (χ2v) is 10.7. The van der Waals surface area contributed by atoms with Gasteiger partial charge in [-0.15, -0.1) is 0 Å². The summed E-state index contributed by atoms with van der Waals surface area (Å²) in [6.45, 7) is 4.95. The number of rotatable bonds is 9. The van der Waals surface area contributed by atoms with Gasteiger partial charge >= 0.3 is 12.4 Å². The maximum Gasteiger partial charge on any atom is 0.423 e. The molecule has 14 heteroatoms. The van der Waals surface area contributed by atoms with Crippen LogP contribution in [0.15, 0.2) is 54.6 Å². The zero-order chi connectivity index (χ0) is 28.5. The fourth-order valence-corrected chi connectivity index (χ4v) is 5.03. The largest absolute Gasteiger partial charge is 0.439 e. The molecule has 0 saturated carbocycles. The number of hydrogen-bond donors (Lipinski definition) is 1. The predicted octanol–water partition coefficient (Wildman–Crippen LogP) is 6.65. The second kappa shape index (κ2) is 10.6. The molecular weight excluding hydrogens is 543 g/mol. The van der Waals surface area contributed by atoms with Gasteiger partial charge in [-0.1, -0.05) is 30.3 Å². The average molecular weight is 568 g/mol. The molecule has 0 aliphatic heterocycles. The summed E-state index contributed by atoms with van der Waals surface area (Å²) in [6, 6.07) is 12.2. The Kier molecular flexibility index (Phi) is 8.18. The van der Waals surface area contributed by atoms with Crippen molar-refractivity contribution in [1.82, 2.24) is 14.5 Å². The Hall–Kier alpha value is -3.13. The minimum absolute atomic E-state index is 0.137. The van der Waals surface area contributed by atoms with Gasteiger partial charge in [-0.25, -0.2) is 22.2 Å². The van der Waals surface area contributed by atoms with Gasteiger partial charge in [0.15, 0.2) is 5.75 Å². The average Bonchev–Trinajstić information content (AvgIpc) is 3.19. The highest BCUT2D eigenvalue weighted by molar-refractivity contribution is 7.89. The first kappa shape index (κ1) is 29.4. The number of halogens is 7. The van der Waals surface area contributed by atoms with Gasteiger partial charge in [-0.05, 0) is 50.1 Å². The number of sulfonamides is 1. The van der Waals surface area contributed by atoms with Gasteiger partial charge in [0, 0.05) is 18.2 Å². The lowest BCUT2D eigenvalue weighted by atomic mass is 9.93. The number of nitrogens with one attached hydrogen (secondary N) is 1. The van der Waals surface area contributed by atoms with Crippen LogP contribution in [-0.4, -0.2) is 36.3 Å². The van der Waals surface area contributed by atoms with Gasteiger partial charge in [0.2, 0.25) is 22.1 Å². The van der Waals surface area contributed by atoms with Crippen molar-refractivity contribution in [3.8, 4) is 22.9 Å². The number of nitrogens with zero attached hydrogens (tertiary/aromatic N) is 2. The highest BCUT2D eigenvalue weighted by Gasteiger charge is 2.41. The lowest BCUT2D eigenvalue weighted by Gasteiger charge is -2.27. The van der Waals surface area contributed by atoms with Gasteiger partial charge in [-0.3, -0.25) is 0 Å². The number of aryl methyl sites for hydroxylation is 1. The molecular formula is C24H24F7N3O3S. The first-order valence-electron chi connectivity index (χ1n) is 11.2. The summed E-state index contributed by atoms with van der Waals surface area (Å²) >= 11 is 0. The minimum atomic E-state index is -5.03. The Bertz CT molecular complexity index is 1370. The van der Waals surface area contributed by atoms with Crippen molar-refractivity contribution >= 4 is 10.0 Å². The van der Waals surface area contributed by atoms with Crippen molar-refractivity contribution in [2.24, 2.45) is 0 Å². The quantitative estimate of drug-likeness (QED) is 0.294. The Morgan fingerprint density at radius 1 is 1.00 bits per heavy atom. The van der Waals surface area contributed by atoms with Crippen molar-refractivity contribution < 1.29 is 43.9 Å². The lowest BCUT2D eigenvalue weighted by Crippen LogP contribution is -2.44. The molecule has 0 radical (unpaired) electrons. The molecule has 208 valence electrons. The van der Waals surface area contributed by atoms with E-state index in [4.69, 9.17) is 4.74 Å². The number of aromatic nitrogens is 2. The number of hydrogen-bond acceptors (Lipinski definition) is 4. The number of ether oxygens (including phenoxy) is 1. The molecule has 1 atom stereocenters. The molecule has 0 aliphatic rings. The zero-order valence-corrected chi connectivity index (χ0v) is 21.2. The van der Waals surface area contributed by atoms with Gasteiger partial charge in [-0.2, -0.15) is 31.4 Å². The van der Waals surface area contributed by atoms with Gasteiger partial charge < -0.3 is 4.74 Å². The van der Waals surface area contributed by atoms with Crippen LogP contribution in [0.1, 0.15) is 38.1 Å². The van der Waals surface area contributed by atoms with E-state index in [1.165, 1.54) is 36.7 Å². The van der Waals surface area contributed by atoms with Gasteiger partial charge in [0.05, 0.1) is 11.2 Å². The van der Waals surface area contributed by atoms with Gasteiger partial charge in [0.1, 0.15) is 5.75 Å². The van der Waals surface area contributed by atoms with Crippen LogP contribution in [0.3, 0.4) is 0 Å². The fourth-order valence-electron chi connectivity index (χ4n) is 3.63. The zero-order valence-electron chi connectivity index (χ0n) is 20.4. The monoisotopic (exact) mass is 567 g/mol. The van der Waals surface area contributed by atoms with Crippen LogP contribution in [0.25, 0.3) is 11.3 Å². The van der Waals surface area contributed by atoms with Crippen molar-refractivity contribution in [2.45, 2.75) is 51.4 Å². The molecule has 0 fully saturated rings. The molecule has 0 aliphatic carbocycles. The molecule has 0 bridgehead atoms. The van der Waals surface area contributed by atoms with Crippen molar-refractivity contribution in [3.05, 3.63) is 65.7 Å². The predicted molar refractivity (Wildman–Crippen MR) is 126 cm³/mol. The van der Waals surface area contributed by atoms with Crippen LogP contribution in [-0.2, 0) is 22.1 Å². The maximum absolute atomic E-state index is 13.5. The van der Waals surface area contributed by atoms with Crippen LogP contribution < -0.4 is 9.46 Å². The molecule has 0 saturated heterocycles. The number of benzene rings is 2. The Labute approximate surface area is 214 Å². The van der Waals surface area contributed by atoms with Crippen LogP contribution in [0.4, 0.5) is 30.7 Å². The SMILES string of the molecule is CCn1nc(-c2cccc(C(C)(C)NS(=O)(=O)CC(F)(F)F)c2)cc1Oc1ccc(C(F)C(F)(F)F)cc1. The van der Waals surface area contributed by atoms with Crippen molar-refractivity contribution in [2.75, 3.05) is 5.75 Å². The van der Waals surface area contributed by atoms with Crippen LogP contribution in [0.2, 0.25) is 0 Å². The molecule has 6 nitrogen and oxygen atoms in total. The van der Waals surface area contributed by atoms with E-state index >= 15 is 0 Å².